The van der Waals surface area contributed by atoms with E-state index >= 15 is 0 Å². The highest BCUT2D eigenvalue weighted by Gasteiger charge is 2.09. The summed E-state index contributed by atoms with van der Waals surface area (Å²) in [5, 5.41) is 3.18. The first-order valence-electron chi connectivity index (χ1n) is 5.22. The second-order valence-electron chi connectivity index (χ2n) is 3.74. The van der Waals surface area contributed by atoms with Gasteiger partial charge in [0.05, 0.1) is 16.6 Å². The maximum Gasteiger partial charge on any atom is 0.272 e. The number of nitrogens with one attached hydrogen (secondary N) is 1. The van der Waals surface area contributed by atoms with Crippen LogP contribution in [0, 0.1) is 5.82 Å². The second kappa shape index (κ2) is 3.59. The zero-order valence-electron chi connectivity index (χ0n) is 8.85. The molecule has 0 saturated carbocycles. The van der Waals surface area contributed by atoms with E-state index in [-0.39, 0.29) is 11.4 Å². The van der Waals surface area contributed by atoms with Crippen molar-refractivity contribution in [2.24, 2.45) is 0 Å². The van der Waals surface area contributed by atoms with E-state index in [9.17, 15) is 9.18 Å². The summed E-state index contributed by atoms with van der Waals surface area (Å²) in [7, 11) is 0. The van der Waals surface area contributed by atoms with E-state index in [0.717, 1.165) is 0 Å². The van der Waals surface area contributed by atoms with Crippen molar-refractivity contribution in [1.82, 2.24) is 9.78 Å². The molecular formula is C13H9FN2O. The van der Waals surface area contributed by atoms with Gasteiger partial charge in [0, 0.05) is 0 Å². The summed E-state index contributed by atoms with van der Waals surface area (Å²) in [5.41, 5.74) is 0.789. The van der Waals surface area contributed by atoms with Crippen molar-refractivity contribution in [3.05, 3.63) is 64.7 Å². The molecule has 2 aromatic carbocycles. The molecule has 0 radical (unpaired) electrons. The van der Waals surface area contributed by atoms with Crippen LogP contribution in [0.2, 0.25) is 0 Å². The molecule has 0 fully saturated rings. The molecule has 1 heterocycles. The minimum atomic E-state index is -0.371. The number of aromatic nitrogens is 2. The molecule has 3 aromatic rings. The van der Waals surface area contributed by atoms with Crippen LogP contribution in [0.4, 0.5) is 4.39 Å². The first-order valence-corrected chi connectivity index (χ1v) is 5.22. The lowest BCUT2D eigenvalue weighted by Crippen LogP contribution is -2.05. The fraction of sp³-hybridized carbons (Fsp3) is 0. The molecule has 0 aliphatic rings. The summed E-state index contributed by atoms with van der Waals surface area (Å²) in [6.45, 7) is 0. The van der Waals surface area contributed by atoms with Crippen molar-refractivity contribution in [3.63, 3.8) is 0 Å². The number of halogens is 1. The fourth-order valence-electron chi connectivity index (χ4n) is 1.91. The average molecular weight is 228 g/mol. The van der Waals surface area contributed by atoms with E-state index in [0.29, 0.717) is 16.6 Å². The number of nitrogens with zero attached hydrogens (tertiary/aromatic N) is 1. The molecule has 4 heteroatoms. The van der Waals surface area contributed by atoms with E-state index in [1.807, 2.05) is 6.07 Å². The van der Waals surface area contributed by atoms with Crippen LogP contribution in [0.25, 0.3) is 16.6 Å². The van der Waals surface area contributed by atoms with Gasteiger partial charge in [0.1, 0.15) is 5.82 Å². The summed E-state index contributed by atoms with van der Waals surface area (Å²) >= 11 is 0. The Morgan fingerprint density at radius 3 is 2.53 bits per heavy atom. The number of H-pyrrole nitrogens is 1. The van der Waals surface area contributed by atoms with Crippen LogP contribution in [0.3, 0.4) is 0 Å². The summed E-state index contributed by atoms with van der Waals surface area (Å²) in [6.07, 6.45) is 0. The topological polar surface area (TPSA) is 37.8 Å². The van der Waals surface area contributed by atoms with Gasteiger partial charge in [-0.25, -0.2) is 9.07 Å². The van der Waals surface area contributed by atoms with Crippen LogP contribution in [-0.4, -0.2) is 9.78 Å². The lowest BCUT2D eigenvalue weighted by Gasteiger charge is -2.04. The first kappa shape index (κ1) is 9.84. The standard InChI is InChI=1S/C13H9FN2O/c14-10-6-2-4-8-12(10)16-11-7-3-1-5-9(11)13(17)15-16/h1-8H,(H,15,17). The number of rotatable bonds is 1. The van der Waals surface area contributed by atoms with Gasteiger partial charge >= 0.3 is 0 Å². The Balaban J connectivity index is 2.40. The highest BCUT2D eigenvalue weighted by molar-refractivity contribution is 5.79. The Hall–Kier alpha value is -2.36. The van der Waals surface area contributed by atoms with Crippen molar-refractivity contribution in [3.8, 4) is 5.69 Å². The Labute approximate surface area is 96.1 Å². The molecule has 1 N–H and O–H groups in total. The van der Waals surface area contributed by atoms with Crippen molar-refractivity contribution in [2.45, 2.75) is 0 Å². The number of para-hydroxylation sites is 2. The number of hydrogen-bond donors (Lipinski definition) is 1. The van der Waals surface area contributed by atoms with Gasteiger partial charge in [-0.2, -0.15) is 0 Å². The summed E-state index contributed by atoms with van der Waals surface area (Å²) in [6, 6.07) is 13.4. The van der Waals surface area contributed by atoms with Gasteiger partial charge < -0.3 is 0 Å². The molecule has 84 valence electrons. The molecule has 0 unspecified atom stereocenters. The SMILES string of the molecule is O=c1[nH]n(-c2ccccc2F)c2ccccc12. The summed E-state index contributed by atoms with van der Waals surface area (Å²) < 4.78 is 15.1. The summed E-state index contributed by atoms with van der Waals surface area (Å²) in [5.74, 6) is -0.371. The largest absolute Gasteiger partial charge is 0.272 e. The number of benzene rings is 2. The fourth-order valence-corrected chi connectivity index (χ4v) is 1.91. The van der Waals surface area contributed by atoms with Crippen molar-refractivity contribution in [1.29, 1.82) is 0 Å². The van der Waals surface area contributed by atoms with Crippen LogP contribution >= 0.6 is 0 Å². The van der Waals surface area contributed by atoms with Gasteiger partial charge in [-0.3, -0.25) is 9.89 Å². The minimum absolute atomic E-state index is 0.219. The highest BCUT2D eigenvalue weighted by atomic mass is 19.1. The molecule has 0 bridgehead atoms. The Morgan fingerprint density at radius 2 is 1.71 bits per heavy atom. The van der Waals surface area contributed by atoms with E-state index in [2.05, 4.69) is 5.10 Å². The van der Waals surface area contributed by atoms with Gasteiger partial charge in [0.2, 0.25) is 0 Å². The van der Waals surface area contributed by atoms with Crippen LogP contribution in [-0.2, 0) is 0 Å². The van der Waals surface area contributed by atoms with Gasteiger partial charge in [0.25, 0.3) is 5.56 Å². The van der Waals surface area contributed by atoms with Gasteiger partial charge in [-0.1, -0.05) is 24.3 Å². The molecule has 0 spiro atoms. The predicted octanol–water partition coefficient (Wildman–Crippen LogP) is 2.46. The molecule has 0 aliphatic heterocycles. The van der Waals surface area contributed by atoms with Gasteiger partial charge in [-0.15, -0.1) is 0 Å². The Bertz CT molecular complexity index is 742. The molecule has 17 heavy (non-hydrogen) atoms. The summed E-state index contributed by atoms with van der Waals surface area (Å²) in [4.78, 5) is 11.7. The molecule has 0 amide bonds. The zero-order valence-corrected chi connectivity index (χ0v) is 8.85. The lowest BCUT2D eigenvalue weighted by atomic mass is 10.2. The third kappa shape index (κ3) is 1.45. The Kier molecular flexibility index (Phi) is 2.08. The van der Waals surface area contributed by atoms with Gasteiger partial charge in [0.15, 0.2) is 0 Å². The Morgan fingerprint density at radius 1 is 1.00 bits per heavy atom. The maximum atomic E-state index is 13.7. The average Bonchev–Trinajstić information content (AvgIpc) is 2.68. The molecule has 0 saturated heterocycles. The smallest absolute Gasteiger partial charge is 0.267 e. The van der Waals surface area contributed by atoms with Crippen LogP contribution < -0.4 is 5.56 Å². The monoisotopic (exact) mass is 228 g/mol. The zero-order chi connectivity index (χ0) is 11.8. The first-order chi connectivity index (χ1) is 8.27. The maximum absolute atomic E-state index is 13.7. The van der Waals surface area contributed by atoms with E-state index in [1.54, 1.807) is 36.4 Å². The van der Waals surface area contributed by atoms with E-state index < -0.39 is 0 Å². The second-order valence-corrected chi connectivity index (χ2v) is 3.74. The lowest BCUT2D eigenvalue weighted by molar-refractivity contribution is 0.612. The third-order valence-electron chi connectivity index (χ3n) is 2.70. The number of hydrogen-bond acceptors (Lipinski definition) is 1. The molecular weight excluding hydrogens is 219 g/mol. The van der Waals surface area contributed by atoms with E-state index in [4.69, 9.17) is 0 Å². The van der Waals surface area contributed by atoms with Crippen LogP contribution in [0.5, 0.6) is 0 Å². The molecule has 0 aliphatic carbocycles. The van der Waals surface area contributed by atoms with Crippen molar-refractivity contribution in [2.75, 3.05) is 0 Å². The highest BCUT2D eigenvalue weighted by Crippen LogP contribution is 2.17. The minimum Gasteiger partial charge on any atom is -0.267 e. The normalized spacial score (nSPS) is 10.9. The van der Waals surface area contributed by atoms with Crippen LogP contribution in [0.1, 0.15) is 0 Å². The molecule has 3 nitrogen and oxygen atoms in total. The van der Waals surface area contributed by atoms with Crippen molar-refractivity contribution < 1.29 is 4.39 Å². The van der Waals surface area contributed by atoms with E-state index in [1.165, 1.54) is 10.7 Å². The quantitative estimate of drug-likeness (QED) is 0.682. The predicted molar refractivity (Wildman–Crippen MR) is 63.9 cm³/mol. The molecule has 0 atom stereocenters. The van der Waals surface area contributed by atoms with Crippen molar-refractivity contribution >= 4 is 10.9 Å². The third-order valence-corrected chi connectivity index (χ3v) is 2.70. The molecule has 1 aromatic heterocycles. The number of aromatic amines is 1. The number of fused-ring (bicyclic) bond motifs is 1. The van der Waals surface area contributed by atoms with Gasteiger partial charge in [-0.05, 0) is 24.3 Å². The van der Waals surface area contributed by atoms with Crippen LogP contribution in [0.15, 0.2) is 53.3 Å². The molecule has 3 rings (SSSR count).